The standard InChI is InChI=1S/B2H5.BH3.Cs/c1-2;;/h1H2,2H3;1H3;/q-1;;+1. The molecule has 0 atom stereocenters. The minimum Gasteiger partial charge on any atom is -0.0734 e. The van der Waals surface area contributed by atoms with E-state index in [-0.39, 0.29) is 77.3 Å². The Morgan fingerprint density at radius 1 is 1.25 bits per heavy atom. The van der Waals surface area contributed by atoms with E-state index >= 15 is 0 Å². The second-order valence-electron chi connectivity index (χ2n) is 0. The van der Waals surface area contributed by atoms with Gasteiger partial charge in [0.1, 0.15) is 0 Å². The predicted molar refractivity (Wildman–Crippen MR) is 28.4 cm³/mol. The number of hydrogen-bond donors (Lipinski definition) is 0. The molecule has 0 bridgehead atoms. The molecule has 0 fully saturated rings. The molecule has 0 aliphatic carbocycles. The summed E-state index contributed by atoms with van der Waals surface area (Å²) in [4.78, 5) is 0. The van der Waals surface area contributed by atoms with Gasteiger partial charge in [-0.3, -0.25) is 0 Å². The maximum Gasteiger partial charge on any atom is 1.00 e. The van der Waals surface area contributed by atoms with Crippen molar-refractivity contribution in [3.8, 4) is 0 Å². The molecule has 0 aromatic rings. The van der Waals surface area contributed by atoms with E-state index in [4.69, 9.17) is 0 Å². The average molecular weight is 173 g/mol. The molecule has 0 radical (unpaired) electrons. The summed E-state index contributed by atoms with van der Waals surface area (Å²) in [7, 11) is 3.00. The molecular weight excluding hydrogens is 165 g/mol. The van der Waals surface area contributed by atoms with Crippen LogP contribution in [0, 0.1) is 0 Å². The predicted octanol–water partition coefficient (Wildman–Crippen LogP) is -6.28. The van der Waals surface area contributed by atoms with Crippen LogP contribution in [0.2, 0.25) is 0 Å². The molecule has 0 aliphatic rings. The van der Waals surface area contributed by atoms with E-state index in [1.165, 1.54) is 0 Å². The van der Waals surface area contributed by atoms with Gasteiger partial charge in [-0.1, -0.05) is 15.5 Å². The molecule has 4 heteroatoms. The van der Waals surface area contributed by atoms with Crippen LogP contribution in [0.4, 0.5) is 0 Å². The van der Waals surface area contributed by atoms with Crippen molar-refractivity contribution in [2.75, 3.05) is 0 Å². The molecule has 0 rings (SSSR count). The Morgan fingerprint density at radius 3 is 1.25 bits per heavy atom. The van der Waals surface area contributed by atoms with Crippen LogP contribution in [0.25, 0.3) is 0 Å². The summed E-state index contributed by atoms with van der Waals surface area (Å²) in [5.74, 6) is 0. The van der Waals surface area contributed by atoms with Gasteiger partial charge in [0.15, 0.2) is 0 Å². The monoisotopic (exact) mass is 174 g/mol. The zero-order valence-electron chi connectivity index (χ0n) is 2.00. The quantitative estimate of drug-likeness (QED) is 0.320. The van der Waals surface area contributed by atoms with Crippen LogP contribution in [0.1, 0.15) is 0 Å². The summed E-state index contributed by atoms with van der Waals surface area (Å²) >= 11 is 0. The van der Waals surface area contributed by atoms with Crippen molar-refractivity contribution in [2.24, 2.45) is 0 Å². The van der Waals surface area contributed by atoms with Gasteiger partial charge in [-0.25, -0.2) is 0 Å². The van der Waals surface area contributed by atoms with Crippen LogP contribution in [-0.4, -0.2) is 23.9 Å². The van der Waals surface area contributed by atoms with Crippen molar-refractivity contribution >= 4 is 23.9 Å². The van der Waals surface area contributed by atoms with Gasteiger partial charge in [0.05, 0.1) is 8.41 Å². The van der Waals surface area contributed by atoms with Crippen molar-refractivity contribution in [1.82, 2.24) is 0 Å². The molecule has 0 amide bonds. The minimum absolute atomic E-state index is 0. The van der Waals surface area contributed by atoms with Crippen LogP contribution in [0.15, 0.2) is 0 Å². The SMILES string of the molecule is B.B[BH3-].[Cs+]. The molecule has 0 N–H and O–H groups in total. The Morgan fingerprint density at radius 2 is 1.25 bits per heavy atom. The Hall–Kier alpha value is 2.25. The molecule has 0 unspecified atom stereocenters. The summed E-state index contributed by atoms with van der Waals surface area (Å²) in [5.41, 5.74) is 0. The van der Waals surface area contributed by atoms with E-state index in [0.717, 1.165) is 7.74 Å². The topological polar surface area (TPSA) is 0 Å². The van der Waals surface area contributed by atoms with E-state index in [1.807, 2.05) is 0 Å². The fraction of sp³-hybridized carbons (Fsp3) is 0. The van der Waals surface area contributed by atoms with Crippen LogP contribution >= 0.6 is 0 Å². The zero-order chi connectivity index (χ0) is 2.00. The third-order valence-corrected chi connectivity index (χ3v) is 0. The van der Waals surface area contributed by atoms with Crippen molar-refractivity contribution in [3.05, 3.63) is 0 Å². The first-order valence-corrected chi connectivity index (χ1v) is 0. The first-order chi connectivity index (χ1) is 1.00. The second kappa shape index (κ2) is 18.7. The third kappa shape index (κ3) is 8.87. The van der Waals surface area contributed by atoms with Gasteiger partial charge in [-0.15, -0.1) is 0 Å². The molecule has 18 valence electrons. The first kappa shape index (κ1) is 16.3. The smallest absolute Gasteiger partial charge is 0.0734 e. The largest absolute Gasteiger partial charge is 1.00 e. The third-order valence-electron chi connectivity index (χ3n) is 0. The molecule has 0 aromatic heterocycles. The van der Waals surface area contributed by atoms with Crippen LogP contribution in [0.5, 0.6) is 0 Å². The normalized spacial score (nSPS) is 1.25. The van der Waals surface area contributed by atoms with Gasteiger partial charge in [0, 0.05) is 0 Å². The van der Waals surface area contributed by atoms with Gasteiger partial charge < -0.3 is 0 Å². The fourth-order valence-corrected chi connectivity index (χ4v) is 0. The molecule has 0 nitrogen and oxygen atoms in total. The molecule has 0 aromatic carbocycles. The van der Waals surface area contributed by atoms with Crippen molar-refractivity contribution in [2.45, 2.75) is 0 Å². The zero-order valence-corrected chi connectivity index (χ0v) is 8.28. The van der Waals surface area contributed by atoms with Crippen molar-refractivity contribution in [3.63, 3.8) is 0 Å². The van der Waals surface area contributed by atoms with E-state index in [9.17, 15) is 0 Å². The van der Waals surface area contributed by atoms with Crippen molar-refractivity contribution < 1.29 is 68.9 Å². The Bertz CT molecular complexity index is 3.25. The summed E-state index contributed by atoms with van der Waals surface area (Å²) < 4.78 is 0. The fourth-order valence-electron chi connectivity index (χ4n) is 0. The van der Waals surface area contributed by atoms with E-state index < -0.39 is 0 Å². The second-order valence-corrected chi connectivity index (χ2v) is 0. The summed E-state index contributed by atoms with van der Waals surface area (Å²) in [6, 6.07) is 0. The molecule has 0 aliphatic heterocycles. The molecule has 0 heterocycles. The maximum absolute atomic E-state index is 2.25. The van der Waals surface area contributed by atoms with Gasteiger partial charge in [-0.2, -0.15) is 0 Å². The van der Waals surface area contributed by atoms with E-state index in [2.05, 4.69) is 7.74 Å². The van der Waals surface area contributed by atoms with Crippen LogP contribution in [0.3, 0.4) is 0 Å². The van der Waals surface area contributed by atoms with Gasteiger partial charge in [0.2, 0.25) is 0 Å². The van der Waals surface area contributed by atoms with Gasteiger partial charge >= 0.3 is 68.9 Å². The Balaban J connectivity index is -0.00000000500. The number of hydrogen-bond acceptors (Lipinski definition) is 0. The van der Waals surface area contributed by atoms with E-state index in [1.54, 1.807) is 0 Å². The first-order valence-electron chi connectivity index (χ1n) is 0. The van der Waals surface area contributed by atoms with Gasteiger partial charge in [0.25, 0.3) is 0 Å². The Labute approximate surface area is 90.3 Å². The van der Waals surface area contributed by atoms with Crippen LogP contribution in [-0.2, 0) is 0 Å². The minimum atomic E-state index is 0. The summed E-state index contributed by atoms with van der Waals surface area (Å²) in [5, 5.41) is 0. The molecular formula is H8B3Cs. The molecule has 0 spiro atoms. The van der Waals surface area contributed by atoms with Crippen molar-refractivity contribution in [1.29, 1.82) is 0 Å². The maximum atomic E-state index is 2.25. The number of rotatable bonds is 0. The molecule has 0 saturated heterocycles. The molecule has 0 saturated carbocycles. The molecule has 4 heavy (non-hydrogen) atoms. The Kier molecular flexibility index (Phi) is 76.4. The van der Waals surface area contributed by atoms with Crippen LogP contribution < -0.4 is 68.9 Å². The average Bonchev–Trinajstić information content (AvgIpc) is 1.00. The van der Waals surface area contributed by atoms with E-state index in [0.29, 0.717) is 0 Å². The summed E-state index contributed by atoms with van der Waals surface area (Å²) in [6.07, 6.45) is 0. The summed E-state index contributed by atoms with van der Waals surface area (Å²) in [6.45, 7) is 0. The van der Waals surface area contributed by atoms with Gasteiger partial charge in [-0.05, 0) is 0 Å².